The summed E-state index contributed by atoms with van der Waals surface area (Å²) in [4.78, 5) is 11.0. The van der Waals surface area contributed by atoms with Crippen LogP contribution in [0.5, 0.6) is 11.5 Å². The summed E-state index contributed by atoms with van der Waals surface area (Å²) in [5.41, 5.74) is 0. The fourth-order valence-electron chi connectivity index (χ4n) is 2.60. The average Bonchev–Trinajstić information content (AvgIpc) is 2.49. The maximum Gasteiger partial charge on any atom is 0.320 e. The summed E-state index contributed by atoms with van der Waals surface area (Å²) in [6, 6.07) is 7.39. The number of carbonyl (C=O) groups is 1. The minimum atomic E-state index is -0.762. The summed E-state index contributed by atoms with van der Waals surface area (Å²) in [6.07, 6.45) is 3.45. The molecule has 21 heavy (non-hydrogen) atoms. The van der Waals surface area contributed by atoms with Crippen LogP contribution in [0.1, 0.15) is 32.6 Å². The third-order valence-corrected chi connectivity index (χ3v) is 3.65. The Hall–Kier alpha value is -1.75. The number of benzene rings is 1. The summed E-state index contributed by atoms with van der Waals surface area (Å²) in [5, 5.41) is 12.2. The molecule has 0 spiro atoms. The van der Waals surface area contributed by atoms with Gasteiger partial charge in [-0.2, -0.15) is 0 Å². The van der Waals surface area contributed by atoms with E-state index in [4.69, 9.17) is 14.6 Å². The molecule has 1 aliphatic heterocycles. The molecule has 0 bridgehead atoms. The van der Waals surface area contributed by atoms with Crippen molar-refractivity contribution in [3.05, 3.63) is 24.3 Å². The van der Waals surface area contributed by atoms with Crippen LogP contribution >= 0.6 is 0 Å². The van der Waals surface area contributed by atoms with E-state index in [0.29, 0.717) is 19.6 Å². The molecule has 5 heteroatoms. The van der Waals surface area contributed by atoms with E-state index in [1.807, 2.05) is 31.2 Å². The highest BCUT2D eigenvalue weighted by atomic mass is 16.5. The summed E-state index contributed by atoms with van der Waals surface area (Å²) in [5.74, 6) is 0.729. The Bertz CT molecular complexity index is 463. The van der Waals surface area contributed by atoms with Crippen LogP contribution in [0.3, 0.4) is 0 Å². The first-order chi connectivity index (χ1) is 10.2. The second kappa shape index (κ2) is 7.88. The zero-order valence-electron chi connectivity index (χ0n) is 12.4. The molecule has 0 saturated carbocycles. The fraction of sp³-hybridized carbons (Fsp3) is 0.562. The Morgan fingerprint density at radius 3 is 2.67 bits per heavy atom. The highest BCUT2D eigenvalue weighted by Crippen LogP contribution is 2.26. The van der Waals surface area contributed by atoms with Crippen molar-refractivity contribution in [1.82, 2.24) is 5.32 Å². The van der Waals surface area contributed by atoms with Gasteiger partial charge in [0.1, 0.15) is 6.04 Å². The van der Waals surface area contributed by atoms with Crippen molar-refractivity contribution >= 4 is 5.97 Å². The Morgan fingerprint density at radius 2 is 2.00 bits per heavy atom. The SMILES string of the molecule is CCOc1ccccc1OCCC1CCCC(C(=O)O)N1. The molecular weight excluding hydrogens is 270 g/mol. The molecule has 0 amide bonds. The molecule has 1 saturated heterocycles. The maximum atomic E-state index is 11.0. The van der Waals surface area contributed by atoms with Gasteiger partial charge in [-0.1, -0.05) is 12.1 Å². The maximum absolute atomic E-state index is 11.0. The van der Waals surface area contributed by atoms with E-state index in [1.54, 1.807) is 0 Å². The first-order valence-electron chi connectivity index (χ1n) is 7.54. The highest BCUT2D eigenvalue weighted by Gasteiger charge is 2.25. The van der Waals surface area contributed by atoms with Gasteiger partial charge in [0.2, 0.25) is 0 Å². The number of carboxylic acid groups (broad SMARTS) is 1. The third kappa shape index (κ3) is 4.63. The van der Waals surface area contributed by atoms with Crippen LogP contribution in [-0.2, 0) is 4.79 Å². The quantitative estimate of drug-likeness (QED) is 0.808. The highest BCUT2D eigenvalue weighted by molar-refractivity contribution is 5.73. The molecule has 116 valence electrons. The van der Waals surface area contributed by atoms with Crippen LogP contribution in [0.25, 0.3) is 0 Å². The van der Waals surface area contributed by atoms with Crippen molar-refractivity contribution in [3.8, 4) is 11.5 Å². The van der Waals surface area contributed by atoms with E-state index in [-0.39, 0.29) is 6.04 Å². The third-order valence-electron chi connectivity index (χ3n) is 3.65. The second-order valence-corrected chi connectivity index (χ2v) is 5.20. The lowest BCUT2D eigenvalue weighted by atomic mass is 9.97. The van der Waals surface area contributed by atoms with E-state index in [9.17, 15) is 4.79 Å². The monoisotopic (exact) mass is 293 g/mol. The number of aliphatic carboxylic acids is 1. The molecule has 1 aromatic rings. The number of carboxylic acids is 1. The van der Waals surface area contributed by atoms with Crippen molar-refractivity contribution in [2.75, 3.05) is 13.2 Å². The fourth-order valence-corrected chi connectivity index (χ4v) is 2.60. The molecule has 0 radical (unpaired) electrons. The predicted molar refractivity (Wildman–Crippen MR) is 79.9 cm³/mol. The zero-order valence-corrected chi connectivity index (χ0v) is 12.4. The predicted octanol–water partition coefficient (Wildman–Crippen LogP) is 2.45. The lowest BCUT2D eigenvalue weighted by Gasteiger charge is -2.28. The molecule has 2 N–H and O–H groups in total. The molecule has 1 fully saturated rings. The van der Waals surface area contributed by atoms with E-state index in [1.165, 1.54) is 0 Å². The van der Waals surface area contributed by atoms with Gasteiger partial charge in [-0.05, 0) is 44.7 Å². The van der Waals surface area contributed by atoms with Gasteiger partial charge in [0.05, 0.1) is 13.2 Å². The zero-order chi connectivity index (χ0) is 15.1. The Labute approximate surface area is 125 Å². The minimum Gasteiger partial charge on any atom is -0.490 e. The van der Waals surface area contributed by atoms with Gasteiger partial charge in [-0.25, -0.2) is 0 Å². The van der Waals surface area contributed by atoms with Crippen LogP contribution in [-0.4, -0.2) is 36.4 Å². The van der Waals surface area contributed by atoms with E-state index < -0.39 is 12.0 Å². The summed E-state index contributed by atoms with van der Waals surface area (Å²) < 4.78 is 11.3. The molecule has 2 atom stereocenters. The number of nitrogens with one attached hydrogen (secondary N) is 1. The Balaban J connectivity index is 1.80. The summed E-state index contributed by atoms with van der Waals surface area (Å²) in [6.45, 7) is 3.09. The molecule has 0 aliphatic carbocycles. The first-order valence-corrected chi connectivity index (χ1v) is 7.54. The van der Waals surface area contributed by atoms with Crippen molar-refractivity contribution < 1.29 is 19.4 Å². The molecule has 0 aromatic heterocycles. The Kier molecular flexibility index (Phi) is 5.87. The van der Waals surface area contributed by atoms with Crippen molar-refractivity contribution in [1.29, 1.82) is 0 Å². The largest absolute Gasteiger partial charge is 0.490 e. The molecule has 2 unspecified atom stereocenters. The minimum absolute atomic E-state index is 0.208. The van der Waals surface area contributed by atoms with Crippen LogP contribution in [0.2, 0.25) is 0 Å². The Morgan fingerprint density at radius 1 is 1.29 bits per heavy atom. The average molecular weight is 293 g/mol. The number of hydrogen-bond donors (Lipinski definition) is 2. The molecule has 1 aliphatic rings. The van der Waals surface area contributed by atoms with Gasteiger partial charge in [-0.15, -0.1) is 0 Å². The van der Waals surface area contributed by atoms with E-state index in [0.717, 1.165) is 30.8 Å². The van der Waals surface area contributed by atoms with Gasteiger partial charge in [-0.3, -0.25) is 4.79 Å². The van der Waals surface area contributed by atoms with Crippen molar-refractivity contribution in [3.63, 3.8) is 0 Å². The van der Waals surface area contributed by atoms with Crippen LogP contribution < -0.4 is 14.8 Å². The van der Waals surface area contributed by atoms with Gasteiger partial charge in [0.25, 0.3) is 0 Å². The second-order valence-electron chi connectivity index (χ2n) is 5.20. The van der Waals surface area contributed by atoms with Gasteiger partial charge in [0, 0.05) is 6.04 Å². The summed E-state index contributed by atoms with van der Waals surface area (Å²) >= 11 is 0. The number of para-hydroxylation sites is 2. The van der Waals surface area contributed by atoms with E-state index in [2.05, 4.69) is 5.32 Å². The van der Waals surface area contributed by atoms with E-state index >= 15 is 0 Å². The number of piperidine rings is 1. The topological polar surface area (TPSA) is 67.8 Å². The molecular formula is C16H23NO4. The number of rotatable bonds is 7. The number of ether oxygens (including phenoxy) is 2. The molecule has 1 heterocycles. The normalized spacial score (nSPS) is 21.8. The van der Waals surface area contributed by atoms with Gasteiger partial charge in [0.15, 0.2) is 11.5 Å². The van der Waals surface area contributed by atoms with Crippen LogP contribution in [0, 0.1) is 0 Å². The lowest BCUT2D eigenvalue weighted by molar-refractivity contribution is -0.140. The lowest BCUT2D eigenvalue weighted by Crippen LogP contribution is -2.47. The van der Waals surface area contributed by atoms with Crippen molar-refractivity contribution in [2.45, 2.75) is 44.7 Å². The van der Waals surface area contributed by atoms with Gasteiger partial charge < -0.3 is 19.9 Å². The van der Waals surface area contributed by atoms with Gasteiger partial charge >= 0.3 is 5.97 Å². The van der Waals surface area contributed by atoms with Crippen LogP contribution in [0.15, 0.2) is 24.3 Å². The standard InChI is InChI=1S/C16H23NO4/c1-2-20-14-8-3-4-9-15(14)21-11-10-12-6-5-7-13(17-12)16(18)19/h3-4,8-9,12-13,17H,2,5-7,10-11H2,1H3,(H,18,19). The van der Waals surface area contributed by atoms with Crippen molar-refractivity contribution in [2.24, 2.45) is 0 Å². The van der Waals surface area contributed by atoms with Crippen LogP contribution in [0.4, 0.5) is 0 Å². The summed E-state index contributed by atoms with van der Waals surface area (Å²) in [7, 11) is 0. The smallest absolute Gasteiger partial charge is 0.320 e. The molecule has 2 rings (SSSR count). The molecule has 1 aromatic carbocycles. The molecule has 5 nitrogen and oxygen atoms in total. The number of hydrogen-bond acceptors (Lipinski definition) is 4. The first kappa shape index (κ1) is 15.6.